The van der Waals surface area contributed by atoms with Crippen LogP contribution in [0.2, 0.25) is 0 Å². The Morgan fingerprint density at radius 1 is 0.303 bits per heavy atom. The average molecular weight is 842 g/mol. The lowest BCUT2D eigenvalue weighted by molar-refractivity contribution is 0.660. The molecule has 4 aliphatic rings. The van der Waals surface area contributed by atoms with Crippen LogP contribution < -0.4 is 4.90 Å². The van der Waals surface area contributed by atoms with E-state index in [2.05, 4.69) is 245 Å². The van der Waals surface area contributed by atoms with Gasteiger partial charge in [0, 0.05) is 27.9 Å². The fourth-order valence-electron chi connectivity index (χ4n) is 13.1. The zero-order chi connectivity index (χ0) is 44.1. The number of anilines is 3. The predicted molar refractivity (Wildman–Crippen MR) is 275 cm³/mol. The van der Waals surface area contributed by atoms with Gasteiger partial charge in [0.1, 0.15) is 0 Å². The van der Waals surface area contributed by atoms with Crippen LogP contribution in [-0.4, -0.2) is 0 Å². The van der Waals surface area contributed by atoms with E-state index in [-0.39, 0.29) is 10.8 Å². The maximum atomic E-state index is 2.48. The number of fused-ring (bicyclic) bond motifs is 18. The first-order chi connectivity index (χ1) is 32.3. The molecule has 14 rings (SSSR count). The highest BCUT2D eigenvalue weighted by atomic mass is 15.1. The van der Waals surface area contributed by atoms with Gasteiger partial charge in [-0.05, 0) is 147 Å². The Bertz CT molecular complexity index is 3710. The molecule has 10 aromatic rings. The van der Waals surface area contributed by atoms with E-state index in [1.165, 1.54) is 111 Å². The average Bonchev–Trinajstić information content (AvgIpc) is 3.99. The topological polar surface area (TPSA) is 3.24 Å². The molecule has 0 heterocycles. The Balaban J connectivity index is 0.966. The highest BCUT2D eigenvalue weighted by molar-refractivity contribution is 6.07. The third kappa shape index (κ3) is 4.75. The predicted octanol–water partition coefficient (Wildman–Crippen LogP) is 16.9. The van der Waals surface area contributed by atoms with Gasteiger partial charge < -0.3 is 4.90 Å². The lowest BCUT2D eigenvalue weighted by Gasteiger charge is -2.32. The standard InChI is InChI=1S/C65H47N/c1-63(2)55-25-12-8-20-49(55)53-38-43(34-37-56(53)63)66(44-33-35-50-47-18-7-11-24-54(47)64(3,4)60(50)39-44)42-31-28-41(29-32-42)46-22-15-23-51-48-19-9-13-26-57(48)65(62(46)51)58-27-14-10-21-52(58)61-45-17-6-5-16-40(45)30-36-59(61)65/h5-39H,1-4H3. The minimum atomic E-state index is -0.466. The van der Waals surface area contributed by atoms with Crippen molar-refractivity contribution in [3.63, 3.8) is 0 Å². The molecule has 0 amide bonds. The van der Waals surface area contributed by atoms with Crippen molar-refractivity contribution in [3.05, 3.63) is 257 Å². The summed E-state index contributed by atoms with van der Waals surface area (Å²) in [5.74, 6) is 0. The van der Waals surface area contributed by atoms with Crippen molar-refractivity contribution in [1.29, 1.82) is 0 Å². The van der Waals surface area contributed by atoms with E-state index in [9.17, 15) is 0 Å². The summed E-state index contributed by atoms with van der Waals surface area (Å²) in [6, 6.07) is 80.6. The molecule has 0 aromatic heterocycles. The highest BCUT2D eigenvalue weighted by Crippen LogP contribution is 2.65. The molecule has 1 nitrogen and oxygen atoms in total. The Morgan fingerprint density at radius 2 is 0.788 bits per heavy atom. The molecule has 312 valence electrons. The Labute approximate surface area is 387 Å². The highest BCUT2D eigenvalue weighted by Gasteiger charge is 2.53. The van der Waals surface area contributed by atoms with E-state index in [0.29, 0.717) is 0 Å². The van der Waals surface area contributed by atoms with Crippen LogP contribution in [0.3, 0.4) is 0 Å². The number of benzene rings is 10. The van der Waals surface area contributed by atoms with Gasteiger partial charge in [0.05, 0.1) is 5.41 Å². The van der Waals surface area contributed by atoms with Crippen LogP contribution in [0.1, 0.15) is 72.2 Å². The molecule has 0 bridgehead atoms. The number of rotatable bonds is 4. The van der Waals surface area contributed by atoms with E-state index in [1.807, 2.05) is 0 Å². The fourth-order valence-corrected chi connectivity index (χ4v) is 13.1. The lowest BCUT2D eigenvalue weighted by Crippen LogP contribution is -2.26. The van der Waals surface area contributed by atoms with Crippen molar-refractivity contribution in [2.45, 2.75) is 43.9 Å². The van der Waals surface area contributed by atoms with Crippen molar-refractivity contribution in [2.24, 2.45) is 0 Å². The first kappa shape index (κ1) is 37.6. The molecule has 1 heteroatoms. The maximum Gasteiger partial charge on any atom is 0.0731 e. The van der Waals surface area contributed by atoms with Gasteiger partial charge in [-0.3, -0.25) is 0 Å². The zero-order valence-electron chi connectivity index (χ0n) is 37.7. The first-order valence-corrected chi connectivity index (χ1v) is 23.5. The van der Waals surface area contributed by atoms with Gasteiger partial charge in [-0.15, -0.1) is 0 Å². The van der Waals surface area contributed by atoms with Gasteiger partial charge in [0.25, 0.3) is 0 Å². The Morgan fingerprint density at radius 3 is 1.53 bits per heavy atom. The molecular formula is C65H47N. The van der Waals surface area contributed by atoms with Crippen LogP contribution in [0.4, 0.5) is 17.1 Å². The second-order valence-corrected chi connectivity index (χ2v) is 20.0. The first-order valence-electron chi connectivity index (χ1n) is 23.5. The Kier molecular flexibility index (Phi) is 7.51. The van der Waals surface area contributed by atoms with E-state index >= 15 is 0 Å². The molecule has 66 heavy (non-hydrogen) atoms. The van der Waals surface area contributed by atoms with E-state index in [4.69, 9.17) is 0 Å². The van der Waals surface area contributed by atoms with Crippen LogP contribution in [0.15, 0.2) is 212 Å². The van der Waals surface area contributed by atoms with Gasteiger partial charge in [-0.25, -0.2) is 0 Å². The van der Waals surface area contributed by atoms with Crippen molar-refractivity contribution in [3.8, 4) is 55.6 Å². The molecule has 1 unspecified atom stereocenters. The minimum absolute atomic E-state index is 0.0687. The zero-order valence-corrected chi connectivity index (χ0v) is 37.7. The summed E-state index contributed by atoms with van der Waals surface area (Å²) in [7, 11) is 0. The third-order valence-corrected chi connectivity index (χ3v) is 16.1. The monoisotopic (exact) mass is 841 g/mol. The van der Waals surface area contributed by atoms with Crippen molar-refractivity contribution in [1.82, 2.24) is 0 Å². The second-order valence-electron chi connectivity index (χ2n) is 20.0. The summed E-state index contributed by atoms with van der Waals surface area (Å²) < 4.78 is 0. The summed E-state index contributed by atoms with van der Waals surface area (Å²) >= 11 is 0. The minimum Gasteiger partial charge on any atom is -0.310 e. The second kappa shape index (κ2) is 13.2. The molecule has 0 saturated carbocycles. The van der Waals surface area contributed by atoms with Crippen molar-refractivity contribution >= 4 is 27.8 Å². The smallest absolute Gasteiger partial charge is 0.0731 e. The summed E-state index contributed by atoms with van der Waals surface area (Å²) in [4.78, 5) is 2.48. The SMILES string of the molecule is CC1(C)c2ccccc2-c2cc(N(c3ccc(-c4cccc5c4C4(c6ccccc6-5)c5ccccc5-c5c4ccc4ccccc54)cc3)c3ccc4c(c3)C(C)(C)c3ccccc3-4)ccc21. The molecule has 0 saturated heterocycles. The molecule has 0 N–H and O–H groups in total. The summed E-state index contributed by atoms with van der Waals surface area (Å²) in [6.45, 7) is 9.48. The van der Waals surface area contributed by atoms with Gasteiger partial charge in [0.15, 0.2) is 0 Å². The Hall–Kier alpha value is -7.74. The summed E-state index contributed by atoms with van der Waals surface area (Å²) in [5, 5.41) is 2.58. The molecule has 1 spiro atoms. The normalized spacial score (nSPS) is 16.8. The summed E-state index contributed by atoms with van der Waals surface area (Å²) in [5.41, 5.74) is 26.9. The van der Waals surface area contributed by atoms with Crippen molar-refractivity contribution < 1.29 is 0 Å². The van der Waals surface area contributed by atoms with E-state index < -0.39 is 5.41 Å². The molecule has 0 aliphatic heterocycles. The molecular weight excluding hydrogens is 795 g/mol. The van der Waals surface area contributed by atoms with Crippen molar-refractivity contribution in [2.75, 3.05) is 4.90 Å². The van der Waals surface area contributed by atoms with E-state index in [0.717, 1.165) is 17.1 Å². The van der Waals surface area contributed by atoms with Crippen LogP contribution in [0, 0.1) is 0 Å². The van der Waals surface area contributed by atoms with Gasteiger partial charge in [-0.1, -0.05) is 204 Å². The van der Waals surface area contributed by atoms with Gasteiger partial charge >= 0.3 is 0 Å². The number of nitrogens with zero attached hydrogens (tertiary/aromatic N) is 1. The largest absolute Gasteiger partial charge is 0.310 e. The quantitative estimate of drug-likeness (QED) is 0.171. The van der Waals surface area contributed by atoms with Gasteiger partial charge in [0.2, 0.25) is 0 Å². The molecule has 0 fully saturated rings. The number of hydrogen-bond acceptors (Lipinski definition) is 1. The molecule has 4 aliphatic carbocycles. The maximum absolute atomic E-state index is 2.48. The molecule has 10 aromatic carbocycles. The fraction of sp³-hybridized carbons (Fsp3) is 0.108. The van der Waals surface area contributed by atoms with Gasteiger partial charge in [-0.2, -0.15) is 0 Å². The van der Waals surface area contributed by atoms with Crippen LogP contribution in [0.25, 0.3) is 66.4 Å². The summed E-state index contributed by atoms with van der Waals surface area (Å²) in [6.07, 6.45) is 0. The molecule has 1 atom stereocenters. The lowest BCUT2D eigenvalue weighted by atomic mass is 9.68. The molecule has 0 radical (unpaired) electrons. The number of hydrogen-bond donors (Lipinski definition) is 0. The van der Waals surface area contributed by atoms with E-state index in [1.54, 1.807) is 0 Å². The van der Waals surface area contributed by atoms with Crippen LogP contribution in [-0.2, 0) is 16.2 Å². The third-order valence-electron chi connectivity index (χ3n) is 16.1. The van der Waals surface area contributed by atoms with Crippen LogP contribution in [0.5, 0.6) is 0 Å². The van der Waals surface area contributed by atoms with Crippen LogP contribution >= 0.6 is 0 Å².